The number of methoxy groups -OCH3 is 1. The van der Waals surface area contributed by atoms with Crippen molar-refractivity contribution >= 4 is 15.9 Å². The summed E-state index contributed by atoms with van der Waals surface area (Å²) in [6.07, 6.45) is 4.14. The Hall–Kier alpha value is -0.740. The van der Waals surface area contributed by atoms with Gasteiger partial charge >= 0.3 is 0 Å². The molecule has 3 nitrogen and oxygen atoms in total. The van der Waals surface area contributed by atoms with Crippen LogP contribution in [0.25, 0.3) is 0 Å². The summed E-state index contributed by atoms with van der Waals surface area (Å²) < 4.78 is 12.2. The van der Waals surface area contributed by atoms with Gasteiger partial charge < -0.3 is 14.6 Å². The van der Waals surface area contributed by atoms with E-state index in [9.17, 15) is 0 Å². The number of halogens is 1. The molecule has 1 saturated carbocycles. The van der Waals surface area contributed by atoms with E-state index in [0.717, 1.165) is 46.9 Å². The molecule has 0 aromatic heterocycles. The molecule has 100 valence electrons. The second-order valence-electron chi connectivity index (χ2n) is 4.68. The first-order valence-electron chi connectivity index (χ1n) is 6.34. The summed E-state index contributed by atoms with van der Waals surface area (Å²) in [5.74, 6) is 2.29. The maximum absolute atomic E-state index is 8.88. The van der Waals surface area contributed by atoms with Crippen molar-refractivity contribution in [3.8, 4) is 11.5 Å². The summed E-state index contributed by atoms with van der Waals surface area (Å²) >= 11 is 3.55. The molecule has 0 heterocycles. The van der Waals surface area contributed by atoms with Gasteiger partial charge in [-0.3, -0.25) is 0 Å². The molecule has 18 heavy (non-hydrogen) atoms. The molecule has 0 spiro atoms. The number of ether oxygens (including phenoxy) is 2. The third kappa shape index (κ3) is 3.62. The molecule has 0 unspecified atom stereocenters. The minimum atomic E-state index is 0.203. The van der Waals surface area contributed by atoms with Gasteiger partial charge in [-0.1, -0.05) is 15.9 Å². The summed E-state index contributed by atoms with van der Waals surface area (Å²) in [6.45, 7) is 0.980. The number of benzene rings is 1. The van der Waals surface area contributed by atoms with Crippen molar-refractivity contribution in [3.63, 3.8) is 0 Å². The third-order valence-corrected chi connectivity index (χ3v) is 3.85. The first-order chi connectivity index (χ1) is 8.74. The van der Waals surface area contributed by atoms with Gasteiger partial charge in [0.1, 0.15) is 0 Å². The molecule has 0 amide bonds. The number of aliphatic hydroxyl groups is 1. The molecule has 0 bridgehead atoms. The van der Waals surface area contributed by atoms with Gasteiger partial charge in [0, 0.05) is 11.1 Å². The van der Waals surface area contributed by atoms with Crippen LogP contribution >= 0.6 is 15.9 Å². The average molecular weight is 315 g/mol. The van der Waals surface area contributed by atoms with Crippen LogP contribution in [0, 0.1) is 5.92 Å². The Morgan fingerprint density at radius 3 is 2.72 bits per heavy atom. The molecule has 0 saturated heterocycles. The maximum Gasteiger partial charge on any atom is 0.162 e. The minimum absolute atomic E-state index is 0.203. The highest BCUT2D eigenvalue weighted by Gasteiger charge is 2.22. The summed E-state index contributed by atoms with van der Waals surface area (Å²) in [5, 5.41) is 8.88. The van der Waals surface area contributed by atoms with Gasteiger partial charge in [0.25, 0.3) is 0 Å². The number of aryl methyl sites for hydroxylation is 1. The van der Waals surface area contributed by atoms with Gasteiger partial charge in [0.15, 0.2) is 11.5 Å². The molecule has 4 heteroatoms. The Morgan fingerprint density at radius 1 is 1.33 bits per heavy atom. The van der Waals surface area contributed by atoms with Crippen LogP contribution in [0.5, 0.6) is 11.5 Å². The number of hydrogen-bond acceptors (Lipinski definition) is 3. The van der Waals surface area contributed by atoms with E-state index in [-0.39, 0.29) is 6.61 Å². The molecule has 0 radical (unpaired) electrons. The van der Waals surface area contributed by atoms with E-state index >= 15 is 0 Å². The van der Waals surface area contributed by atoms with Crippen LogP contribution in [0.2, 0.25) is 0 Å². The fraction of sp³-hybridized carbons (Fsp3) is 0.571. The smallest absolute Gasteiger partial charge is 0.162 e. The second kappa shape index (κ2) is 6.43. The summed E-state index contributed by atoms with van der Waals surface area (Å²) in [7, 11) is 1.66. The largest absolute Gasteiger partial charge is 0.493 e. The van der Waals surface area contributed by atoms with Crippen molar-refractivity contribution in [3.05, 3.63) is 22.2 Å². The Labute approximate surface area is 116 Å². The zero-order valence-corrected chi connectivity index (χ0v) is 12.2. The van der Waals surface area contributed by atoms with Crippen LogP contribution in [-0.2, 0) is 6.42 Å². The van der Waals surface area contributed by atoms with Crippen molar-refractivity contribution in [2.75, 3.05) is 20.3 Å². The van der Waals surface area contributed by atoms with E-state index in [4.69, 9.17) is 14.6 Å². The van der Waals surface area contributed by atoms with E-state index in [2.05, 4.69) is 15.9 Å². The molecular weight excluding hydrogens is 296 g/mol. The highest BCUT2D eigenvalue weighted by atomic mass is 79.9. The van der Waals surface area contributed by atoms with Gasteiger partial charge in [-0.2, -0.15) is 0 Å². The highest BCUT2D eigenvalue weighted by Crippen LogP contribution is 2.36. The van der Waals surface area contributed by atoms with Crippen LogP contribution in [0.3, 0.4) is 0 Å². The van der Waals surface area contributed by atoms with Gasteiger partial charge in [-0.25, -0.2) is 0 Å². The fourth-order valence-corrected chi connectivity index (χ4v) is 2.32. The van der Waals surface area contributed by atoms with Crippen molar-refractivity contribution in [1.29, 1.82) is 0 Å². The zero-order chi connectivity index (χ0) is 13.0. The van der Waals surface area contributed by atoms with E-state index in [0.29, 0.717) is 0 Å². The summed E-state index contributed by atoms with van der Waals surface area (Å²) in [6, 6.07) is 3.95. The first-order valence-corrected chi connectivity index (χ1v) is 7.14. The molecular formula is C14H19BrO3. The Morgan fingerprint density at radius 2 is 2.11 bits per heavy atom. The molecule has 1 aromatic carbocycles. The number of rotatable bonds is 7. The molecule has 1 aromatic rings. The lowest BCUT2D eigenvalue weighted by atomic mass is 10.1. The normalized spacial score (nSPS) is 14.6. The van der Waals surface area contributed by atoms with Crippen LogP contribution in [0.4, 0.5) is 0 Å². The molecule has 1 fully saturated rings. The number of hydrogen-bond donors (Lipinski definition) is 1. The second-order valence-corrected chi connectivity index (χ2v) is 5.53. The van der Waals surface area contributed by atoms with Gasteiger partial charge in [0.05, 0.1) is 13.7 Å². The molecule has 1 N–H and O–H groups in total. The maximum atomic E-state index is 8.88. The van der Waals surface area contributed by atoms with Crippen LogP contribution in [0.15, 0.2) is 16.6 Å². The van der Waals surface area contributed by atoms with Gasteiger partial charge in [-0.15, -0.1) is 0 Å². The van der Waals surface area contributed by atoms with Crippen molar-refractivity contribution in [2.45, 2.75) is 25.7 Å². The van der Waals surface area contributed by atoms with E-state index in [1.54, 1.807) is 7.11 Å². The Kier molecular flexibility index (Phi) is 4.89. The standard InChI is InChI=1S/C14H19BrO3/c1-17-13-7-11(3-2-6-16)12(15)8-14(13)18-9-10-4-5-10/h7-8,10,16H,2-6,9H2,1H3. The lowest BCUT2D eigenvalue weighted by Gasteiger charge is -2.13. The SMILES string of the molecule is COc1cc(CCCO)c(Br)cc1OCC1CC1. The highest BCUT2D eigenvalue weighted by molar-refractivity contribution is 9.10. The average Bonchev–Trinajstić information content (AvgIpc) is 3.19. The van der Waals surface area contributed by atoms with Crippen LogP contribution < -0.4 is 9.47 Å². The predicted molar refractivity (Wildman–Crippen MR) is 74.3 cm³/mol. The molecule has 0 atom stereocenters. The lowest BCUT2D eigenvalue weighted by Crippen LogP contribution is -2.02. The van der Waals surface area contributed by atoms with Crippen LogP contribution in [-0.4, -0.2) is 25.4 Å². The van der Waals surface area contributed by atoms with E-state index < -0.39 is 0 Å². The van der Waals surface area contributed by atoms with E-state index in [1.165, 1.54) is 12.8 Å². The zero-order valence-electron chi connectivity index (χ0n) is 10.6. The first kappa shape index (κ1) is 13.7. The third-order valence-electron chi connectivity index (χ3n) is 3.11. The quantitative estimate of drug-likeness (QED) is 0.840. The van der Waals surface area contributed by atoms with Gasteiger partial charge in [0.2, 0.25) is 0 Å². The predicted octanol–water partition coefficient (Wildman–Crippen LogP) is 3.17. The van der Waals surface area contributed by atoms with E-state index in [1.807, 2.05) is 12.1 Å². The van der Waals surface area contributed by atoms with Crippen molar-refractivity contribution in [2.24, 2.45) is 5.92 Å². The van der Waals surface area contributed by atoms with Gasteiger partial charge in [-0.05, 0) is 49.3 Å². The molecule has 0 aliphatic heterocycles. The number of aliphatic hydroxyl groups excluding tert-OH is 1. The molecule has 1 aliphatic carbocycles. The van der Waals surface area contributed by atoms with Crippen molar-refractivity contribution < 1.29 is 14.6 Å². The molecule has 1 aliphatic rings. The molecule has 2 rings (SSSR count). The Bertz CT molecular complexity index is 402. The van der Waals surface area contributed by atoms with Crippen LogP contribution in [0.1, 0.15) is 24.8 Å². The monoisotopic (exact) mass is 314 g/mol. The fourth-order valence-electron chi connectivity index (χ4n) is 1.80. The minimum Gasteiger partial charge on any atom is -0.493 e. The summed E-state index contributed by atoms with van der Waals surface area (Å²) in [4.78, 5) is 0. The lowest BCUT2D eigenvalue weighted by molar-refractivity contribution is 0.279. The summed E-state index contributed by atoms with van der Waals surface area (Å²) in [5.41, 5.74) is 1.14. The van der Waals surface area contributed by atoms with Crippen molar-refractivity contribution in [1.82, 2.24) is 0 Å². The Balaban J connectivity index is 2.10. The topological polar surface area (TPSA) is 38.7 Å².